The minimum Gasteiger partial charge on any atom is -0.506 e. The highest BCUT2D eigenvalue weighted by Crippen LogP contribution is 2.26. The lowest BCUT2D eigenvalue weighted by atomic mass is 9.96. The molecule has 0 bridgehead atoms. The topological polar surface area (TPSA) is 277 Å². The van der Waals surface area contributed by atoms with Gasteiger partial charge in [0.15, 0.2) is 0 Å². The van der Waals surface area contributed by atoms with E-state index in [-0.39, 0.29) is 101 Å². The molecular weight excluding hydrogens is 788 g/mol. The van der Waals surface area contributed by atoms with Crippen molar-refractivity contribution in [2.24, 2.45) is 5.92 Å². The van der Waals surface area contributed by atoms with Crippen molar-refractivity contribution < 1.29 is 67.5 Å². The van der Waals surface area contributed by atoms with Gasteiger partial charge in [-0.25, -0.2) is 4.79 Å². The Balaban J connectivity index is 1.62. The van der Waals surface area contributed by atoms with Gasteiger partial charge in [-0.15, -0.1) is 0 Å². The number of aromatic hydroxyl groups is 1. The molecule has 20 heteroatoms. The van der Waals surface area contributed by atoms with Crippen LogP contribution in [0.2, 0.25) is 0 Å². The van der Waals surface area contributed by atoms with Gasteiger partial charge in [0.1, 0.15) is 23.4 Å². The summed E-state index contributed by atoms with van der Waals surface area (Å²) in [4.78, 5) is 98.1. The number of carboxylic acids is 1. The largest absolute Gasteiger partial charge is 0.506 e. The van der Waals surface area contributed by atoms with Gasteiger partial charge < -0.3 is 55.7 Å². The van der Waals surface area contributed by atoms with Gasteiger partial charge in [-0.05, 0) is 71.6 Å². The molecule has 7 N–H and O–H groups in total. The predicted octanol–water partition coefficient (Wildman–Crippen LogP) is 1.15. The number of phenolic OH excluding ortho intramolecular Hbond substituents is 1. The molecule has 4 atom stereocenters. The average Bonchev–Trinajstić information content (AvgIpc) is 3.47. The summed E-state index contributed by atoms with van der Waals surface area (Å²) >= 11 is 0. The molecule has 334 valence electrons. The Labute approximate surface area is 349 Å². The van der Waals surface area contributed by atoms with Crippen molar-refractivity contribution in [1.29, 1.82) is 0 Å². The standard InChI is InChI=1S/C40H60N6O14/c1-25(38(54)55)22-29(44-39(56)60-40(4,5)6)23-28-9-10-31(47)30(24-28)45-37(53)27(3)43-36(52)26(2)42-33(49)13-16-57-18-20-59-21-19-58-17-14-41-32(48)8-7-15-46-34(50)11-12-35(46)51/h9-12,24-27,29,47H,7-8,13-23H2,1-6H3,(H,41,48)(H,42,49)(H,43,52)(H,44,56)(H,45,53)(H,54,55)/t25-,26-,27-,29+/m0/s1. The van der Waals surface area contributed by atoms with Gasteiger partial charge >= 0.3 is 12.1 Å². The number of hydrogen-bond acceptors (Lipinski definition) is 13. The van der Waals surface area contributed by atoms with Gasteiger partial charge in [0.25, 0.3) is 11.8 Å². The molecule has 7 amide bonds. The molecule has 60 heavy (non-hydrogen) atoms. The van der Waals surface area contributed by atoms with Crippen molar-refractivity contribution in [3.8, 4) is 5.75 Å². The van der Waals surface area contributed by atoms with E-state index in [2.05, 4.69) is 26.6 Å². The summed E-state index contributed by atoms with van der Waals surface area (Å²) < 4.78 is 21.5. The number of nitrogens with one attached hydrogen (secondary N) is 5. The summed E-state index contributed by atoms with van der Waals surface area (Å²) in [6.45, 7) is 11.3. The summed E-state index contributed by atoms with van der Waals surface area (Å²) in [5, 5.41) is 32.9. The van der Waals surface area contributed by atoms with Crippen LogP contribution < -0.4 is 26.6 Å². The molecule has 1 aromatic carbocycles. The molecule has 0 fully saturated rings. The monoisotopic (exact) mass is 848 g/mol. The number of carbonyl (C=O) groups is 8. The zero-order valence-electron chi connectivity index (χ0n) is 35.1. The van der Waals surface area contributed by atoms with E-state index in [9.17, 15) is 48.6 Å². The van der Waals surface area contributed by atoms with Gasteiger partial charge in [-0.3, -0.25) is 38.5 Å². The fourth-order valence-corrected chi connectivity index (χ4v) is 5.42. The number of benzene rings is 1. The number of anilines is 1. The molecule has 0 aliphatic carbocycles. The summed E-state index contributed by atoms with van der Waals surface area (Å²) in [7, 11) is 0. The van der Waals surface area contributed by atoms with E-state index in [4.69, 9.17) is 18.9 Å². The fourth-order valence-electron chi connectivity index (χ4n) is 5.42. The number of hydrogen-bond donors (Lipinski definition) is 7. The van der Waals surface area contributed by atoms with Crippen LogP contribution in [0.5, 0.6) is 5.75 Å². The van der Waals surface area contributed by atoms with Gasteiger partial charge in [0, 0.05) is 44.1 Å². The Morgan fingerprint density at radius 1 is 0.767 bits per heavy atom. The number of alkyl carbamates (subject to hydrolysis) is 1. The zero-order valence-corrected chi connectivity index (χ0v) is 35.1. The van der Waals surface area contributed by atoms with Gasteiger partial charge in [0.2, 0.25) is 23.6 Å². The van der Waals surface area contributed by atoms with E-state index in [0.29, 0.717) is 18.5 Å². The van der Waals surface area contributed by atoms with Crippen LogP contribution in [0.1, 0.15) is 72.8 Å². The number of ether oxygens (including phenoxy) is 4. The van der Waals surface area contributed by atoms with Crippen LogP contribution in [0.3, 0.4) is 0 Å². The molecule has 0 saturated heterocycles. The van der Waals surface area contributed by atoms with Gasteiger partial charge in [-0.1, -0.05) is 13.0 Å². The predicted molar refractivity (Wildman–Crippen MR) is 215 cm³/mol. The van der Waals surface area contributed by atoms with Crippen molar-refractivity contribution in [1.82, 2.24) is 26.2 Å². The first-order valence-electron chi connectivity index (χ1n) is 19.7. The molecule has 0 saturated carbocycles. The van der Waals surface area contributed by atoms with Crippen LogP contribution in [-0.2, 0) is 58.9 Å². The Morgan fingerprint density at radius 2 is 1.37 bits per heavy atom. The van der Waals surface area contributed by atoms with Crippen LogP contribution in [-0.4, -0.2) is 139 Å². The lowest BCUT2D eigenvalue weighted by Gasteiger charge is -2.25. The maximum atomic E-state index is 13.0. The van der Waals surface area contributed by atoms with E-state index in [1.807, 2.05) is 0 Å². The number of amides is 7. The molecule has 0 spiro atoms. The van der Waals surface area contributed by atoms with Crippen molar-refractivity contribution in [2.45, 2.75) is 97.4 Å². The first kappa shape index (κ1) is 50.5. The van der Waals surface area contributed by atoms with Crippen LogP contribution in [0.15, 0.2) is 30.4 Å². The minimum absolute atomic E-state index is 0.0279. The van der Waals surface area contributed by atoms with Crippen LogP contribution in [0, 0.1) is 5.92 Å². The molecular formula is C40H60N6O14. The second-order valence-electron chi connectivity index (χ2n) is 15.1. The summed E-state index contributed by atoms with van der Waals surface area (Å²) in [6, 6.07) is 1.67. The smallest absolute Gasteiger partial charge is 0.407 e. The van der Waals surface area contributed by atoms with E-state index >= 15 is 0 Å². The Bertz CT molecular complexity index is 1660. The first-order chi connectivity index (χ1) is 28.2. The lowest BCUT2D eigenvalue weighted by Crippen LogP contribution is -2.50. The Morgan fingerprint density at radius 3 is 1.98 bits per heavy atom. The third-order valence-electron chi connectivity index (χ3n) is 8.58. The Hall–Kier alpha value is -5.60. The van der Waals surface area contributed by atoms with Crippen LogP contribution >= 0.6 is 0 Å². The molecule has 1 aliphatic heterocycles. The van der Waals surface area contributed by atoms with Crippen LogP contribution in [0.25, 0.3) is 0 Å². The third-order valence-corrected chi connectivity index (χ3v) is 8.58. The molecule has 20 nitrogen and oxygen atoms in total. The van der Waals surface area contributed by atoms with Gasteiger partial charge in [0.05, 0.1) is 51.2 Å². The fraction of sp³-hybridized carbons (Fsp3) is 0.600. The quantitative estimate of drug-likeness (QED) is 0.0372. The molecule has 1 aliphatic rings. The van der Waals surface area contributed by atoms with E-state index in [0.717, 1.165) is 4.90 Å². The number of carbonyl (C=O) groups excluding carboxylic acids is 7. The second-order valence-corrected chi connectivity index (χ2v) is 15.1. The van der Waals surface area contributed by atoms with Crippen molar-refractivity contribution in [2.75, 3.05) is 58.0 Å². The SMILES string of the molecule is C[C@H](NC(=O)CCOCCOCCOCCNC(=O)CCCN1C(=O)C=CC1=O)C(=O)N[C@@H](C)C(=O)Nc1cc(C[C@@H](C[C@H](C)C(=O)O)NC(=O)OC(C)(C)C)ccc1O. The molecule has 2 rings (SSSR count). The summed E-state index contributed by atoms with van der Waals surface area (Å²) in [5.74, 6) is -4.80. The second kappa shape index (κ2) is 25.8. The lowest BCUT2D eigenvalue weighted by molar-refractivity contribution is -0.141. The highest BCUT2D eigenvalue weighted by atomic mass is 16.6. The highest BCUT2D eigenvalue weighted by molar-refractivity contribution is 6.12. The number of nitrogens with zero attached hydrogens (tertiary/aromatic N) is 1. The summed E-state index contributed by atoms with van der Waals surface area (Å²) in [6.07, 6.45) is 2.42. The molecule has 1 heterocycles. The van der Waals surface area contributed by atoms with E-state index < -0.39 is 59.4 Å². The average molecular weight is 849 g/mol. The number of imide groups is 1. The minimum atomic E-state index is -1.07. The van der Waals surface area contributed by atoms with E-state index in [1.54, 1.807) is 26.8 Å². The number of rotatable bonds is 27. The first-order valence-corrected chi connectivity index (χ1v) is 19.7. The highest BCUT2D eigenvalue weighted by Gasteiger charge is 2.26. The third kappa shape index (κ3) is 20.4. The van der Waals surface area contributed by atoms with Crippen molar-refractivity contribution >= 4 is 53.2 Å². The molecule has 0 unspecified atom stereocenters. The maximum absolute atomic E-state index is 13.0. The van der Waals surface area contributed by atoms with Gasteiger partial charge in [-0.2, -0.15) is 0 Å². The Kier molecular flexibility index (Phi) is 21.7. The maximum Gasteiger partial charge on any atom is 0.407 e. The van der Waals surface area contributed by atoms with Crippen molar-refractivity contribution in [3.05, 3.63) is 35.9 Å². The molecule has 0 aromatic heterocycles. The number of aliphatic carboxylic acids is 1. The van der Waals surface area contributed by atoms with E-state index in [1.165, 1.54) is 45.1 Å². The molecule has 0 radical (unpaired) electrons. The number of carboxylic acid groups (broad SMARTS) is 1. The van der Waals surface area contributed by atoms with Crippen molar-refractivity contribution in [3.63, 3.8) is 0 Å². The zero-order chi connectivity index (χ0) is 44.8. The molecule has 1 aromatic rings. The number of phenols is 1. The summed E-state index contributed by atoms with van der Waals surface area (Å²) in [5.41, 5.74) is -0.183. The van der Waals surface area contributed by atoms with Crippen LogP contribution in [0.4, 0.5) is 10.5 Å². The normalized spacial score (nSPS) is 14.5.